The number of thioether (sulfide) groups is 2. The average Bonchev–Trinajstić information content (AvgIpc) is 2.27. The van der Waals surface area contributed by atoms with E-state index in [4.69, 9.17) is 0 Å². The van der Waals surface area contributed by atoms with Crippen molar-refractivity contribution in [2.75, 3.05) is 30.3 Å². The van der Waals surface area contributed by atoms with E-state index in [1.807, 2.05) is 44.3 Å². The zero-order chi connectivity index (χ0) is 12.0. The van der Waals surface area contributed by atoms with E-state index in [0.717, 1.165) is 18.8 Å². The second-order valence-electron chi connectivity index (χ2n) is 4.43. The third-order valence-electron chi connectivity index (χ3n) is 2.56. The van der Waals surface area contributed by atoms with Gasteiger partial charge in [0.25, 0.3) is 0 Å². The summed E-state index contributed by atoms with van der Waals surface area (Å²) < 4.78 is 0. The van der Waals surface area contributed by atoms with Crippen LogP contribution in [0, 0.1) is 0 Å². The zero-order valence-corrected chi connectivity index (χ0v) is 12.0. The van der Waals surface area contributed by atoms with Gasteiger partial charge in [0, 0.05) is 29.1 Å². The van der Waals surface area contributed by atoms with E-state index in [2.05, 4.69) is 10.6 Å². The van der Waals surface area contributed by atoms with Crippen molar-refractivity contribution in [2.45, 2.75) is 31.6 Å². The lowest BCUT2D eigenvalue weighted by molar-refractivity contribution is -0.126. The van der Waals surface area contributed by atoms with Gasteiger partial charge in [-0.1, -0.05) is 6.92 Å². The average molecular weight is 262 g/mol. The monoisotopic (exact) mass is 262 g/mol. The Hall–Kier alpha value is 0.130. The molecule has 1 unspecified atom stereocenters. The first-order valence-electron chi connectivity index (χ1n) is 5.79. The highest BCUT2D eigenvalue weighted by Gasteiger charge is 2.26. The van der Waals surface area contributed by atoms with Crippen molar-refractivity contribution in [3.63, 3.8) is 0 Å². The highest BCUT2D eigenvalue weighted by molar-refractivity contribution is 8.06. The van der Waals surface area contributed by atoms with Crippen LogP contribution in [0.4, 0.5) is 0 Å². The quantitative estimate of drug-likeness (QED) is 0.784. The van der Waals surface area contributed by atoms with E-state index >= 15 is 0 Å². The molecule has 0 aromatic carbocycles. The largest absolute Gasteiger partial charge is 0.353 e. The standard InChI is InChI=1S/C11H22N2OS2/c1-4-13-11(2,3)10(14)12-7-9-8-15-5-6-16-9/h9,13H,4-8H2,1-3H3,(H,12,14). The Morgan fingerprint density at radius 1 is 1.44 bits per heavy atom. The number of amides is 1. The van der Waals surface area contributed by atoms with E-state index in [9.17, 15) is 4.79 Å². The van der Waals surface area contributed by atoms with E-state index in [1.165, 1.54) is 11.5 Å². The van der Waals surface area contributed by atoms with E-state index < -0.39 is 5.54 Å². The molecule has 0 bridgehead atoms. The maximum Gasteiger partial charge on any atom is 0.239 e. The predicted molar refractivity (Wildman–Crippen MR) is 74.3 cm³/mol. The minimum absolute atomic E-state index is 0.102. The Bertz CT molecular complexity index is 228. The first-order valence-corrected chi connectivity index (χ1v) is 7.99. The van der Waals surface area contributed by atoms with E-state index in [1.54, 1.807) is 0 Å². The van der Waals surface area contributed by atoms with E-state index in [-0.39, 0.29) is 5.91 Å². The number of carbonyl (C=O) groups is 1. The van der Waals surface area contributed by atoms with Gasteiger partial charge in [0.1, 0.15) is 0 Å². The van der Waals surface area contributed by atoms with Crippen LogP contribution in [0.2, 0.25) is 0 Å². The number of likely N-dealkylation sites (N-methyl/N-ethyl adjacent to an activating group) is 1. The topological polar surface area (TPSA) is 41.1 Å². The van der Waals surface area contributed by atoms with Crippen LogP contribution in [0.5, 0.6) is 0 Å². The van der Waals surface area contributed by atoms with Crippen LogP contribution in [0.25, 0.3) is 0 Å². The lowest BCUT2D eigenvalue weighted by Crippen LogP contribution is -2.53. The molecule has 1 heterocycles. The second kappa shape index (κ2) is 6.77. The molecule has 2 N–H and O–H groups in total. The molecule has 0 spiro atoms. The smallest absolute Gasteiger partial charge is 0.239 e. The van der Waals surface area contributed by atoms with Crippen LogP contribution in [0.1, 0.15) is 20.8 Å². The predicted octanol–water partition coefficient (Wildman–Crippen LogP) is 1.34. The van der Waals surface area contributed by atoms with Gasteiger partial charge in [0.05, 0.1) is 5.54 Å². The van der Waals surface area contributed by atoms with Crippen LogP contribution < -0.4 is 10.6 Å². The molecule has 0 radical (unpaired) electrons. The minimum Gasteiger partial charge on any atom is -0.353 e. The van der Waals surface area contributed by atoms with Crippen LogP contribution >= 0.6 is 23.5 Å². The molecule has 1 saturated heterocycles. The first-order chi connectivity index (χ1) is 7.56. The summed E-state index contributed by atoms with van der Waals surface area (Å²) in [7, 11) is 0. The first kappa shape index (κ1) is 14.2. The summed E-state index contributed by atoms with van der Waals surface area (Å²) in [6.07, 6.45) is 0. The Morgan fingerprint density at radius 2 is 2.19 bits per heavy atom. The molecule has 16 heavy (non-hydrogen) atoms. The maximum atomic E-state index is 11.9. The molecule has 0 aromatic rings. The Kier molecular flexibility index (Phi) is 6.00. The van der Waals surface area contributed by atoms with Crippen molar-refractivity contribution in [3.8, 4) is 0 Å². The van der Waals surface area contributed by atoms with Gasteiger partial charge in [0.15, 0.2) is 0 Å². The molecule has 94 valence electrons. The summed E-state index contributed by atoms with van der Waals surface area (Å²) in [5.74, 6) is 3.72. The van der Waals surface area contributed by atoms with Crippen molar-refractivity contribution < 1.29 is 4.79 Å². The van der Waals surface area contributed by atoms with Crippen LogP contribution in [-0.2, 0) is 4.79 Å². The lowest BCUT2D eigenvalue weighted by atomic mass is 10.0. The van der Waals surface area contributed by atoms with Crippen molar-refractivity contribution in [2.24, 2.45) is 0 Å². The molecule has 1 atom stereocenters. The van der Waals surface area contributed by atoms with E-state index in [0.29, 0.717) is 5.25 Å². The molecule has 1 amide bonds. The van der Waals surface area contributed by atoms with Crippen molar-refractivity contribution in [1.82, 2.24) is 10.6 Å². The summed E-state index contributed by atoms with van der Waals surface area (Å²) in [6, 6.07) is 0. The maximum absolute atomic E-state index is 11.9. The molecule has 0 aliphatic carbocycles. The molecule has 1 aliphatic rings. The number of carbonyl (C=O) groups excluding carboxylic acids is 1. The Labute approximate surface area is 107 Å². The van der Waals surface area contributed by atoms with Crippen LogP contribution in [0.3, 0.4) is 0 Å². The van der Waals surface area contributed by atoms with Gasteiger partial charge in [-0.25, -0.2) is 0 Å². The number of hydrogen-bond donors (Lipinski definition) is 2. The van der Waals surface area contributed by atoms with Gasteiger partial charge in [-0.05, 0) is 20.4 Å². The highest BCUT2D eigenvalue weighted by atomic mass is 32.2. The second-order valence-corrected chi connectivity index (χ2v) is 6.99. The molecule has 0 saturated carbocycles. The summed E-state index contributed by atoms with van der Waals surface area (Å²) in [5.41, 5.74) is -0.457. The fourth-order valence-corrected chi connectivity index (χ4v) is 4.22. The Morgan fingerprint density at radius 3 is 2.75 bits per heavy atom. The minimum atomic E-state index is -0.457. The van der Waals surface area contributed by atoms with Gasteiger partial charge >= 0.3 is 0 Å². The zero-order valence-electron chi connectivity index (χ0n) is 10.3. The van der Waals surface area contributed by atoms with Crippen molar-refractivity contribution >= 4 is 29.4 Å². The molecule has 1 aliphatic heterocycles. The fourth-order valence-electron chi connectivity index (χ4n) is 1.60. The summed E-state index contributed by atoms with van der Waals surface area (Å²) >= 11 is 3.96. The SMILES string of the molecule is CCNC(C)(C)C(=O)NCC1CSCCS1. The third-order valence-corrected chi connectivity index (χ3v) is 5.41. The molecule has 5 heteroatoms. The molecule has 1 rings (SSSR count). The van der Waals surface area contributed by atoms with Crippen molar-refractivity contribution in [3.05, 3.63) is 0 Å². The fraction of sp³-hybridized carbons (Fsp3) is 0.909. The van der Waals surface area contributed by atoms with Gasteiger partial charge in [0.2, 0.25) is 5.91 Å². The third kappa shape index (κ3) is 4.55. The molecular formula is C11H22N2OS2. The molecule has 0 aromatic heterocycles. The summed E-state index contributed by atoms with van der Waals surface area (Å²) in [4.78, 5) is 11.9. The van der Waals surface area contributed by atoms with Gasteiger partial charge in [-0.2, -0.15) is 23.5 Å². The normalized spacial score (nSPS) is 21.8. The van der Waals surface area contributed by atoms with Crippen molar-refractivity contribution in [1.29, 1.82) is 0 Å². The van der Waals surface area contributed by atoms with Gasteiger partial charge in [-0.3, -0.25) is 4.79 Å². The number of nitrogens with one attached hydrogen (secondary N) is 2. The van der Waals surface area contributed by atoms with Gasteiger partial charge < -0.3 is 10.6 Å². The van der Waals surface area contributed by atoms with Crippen LogP contribution in [-0.4, -0.2) is 47.0 Å². The molecular weight excluding hydrogens is 240 g/mol. The lowest BCUT2D eigenvalue weighted by Gasteiger charge is -2.27. The number of hydrogen-bond acceptors (Lipinski definition) is 4. The molecule has 3 nitrogen and oxygen atoms in total. The summed E-state index contributed by atoms with van der Waals surface area (Å²) in [5, 5.41) is 6.81. The molecule has 1 fully saturated rings. The van der Waals surface area contributed by atoms with Crippen LogP contribution in [0.15, 0.2) is 0 Å². The van der Waals surface area contributed by atoms with Gasteiger partial charge in [-0.15, -0.1) is 0 Å². The summed E-state index contributed by atoms with van der Waals surface area (Å²) in [6.45, 7) is 7.48. The Balaban J connectivity index is 2.28. The number of rotatable bonds is 5. The highest BCUT2D eigenvalue weighted by Crippen LogP contribution is 2.23.